The molecule has 0 spiro atoms. The number of methoxy groups -OCH3 is 1. The average Bonchev–Trinajstić information content (AvgIpc) is 3.08. The highest BCUT2D eigenvalue weighted by Gasteiger charge is 2.33. The van der Waals surface area contributed by atoms with Gasteiger partial charge in [0.25, 0.3) is 5.91 Å². The molecular formula is C26H27NO2. The third kappa shape index (κ3) is 3.91. The summed E-state index contributed by atoms with van der Waals surface area (Å²) in [4.78, 5) is 15.2. The molecule has 0 aromatic heterocycles. The van der Waals surface area contributed by atoms with E-state index in [9.17, 15) is 4.79 Å². The molecule has 0 saturated heterocycles. The second kappa shape index (κ2) is 8.12. The molecule has 1 aliphatic heterocycles. The van der Waals surface area contributed by atoms with Crippen LogP contribution < -0.4 is 4.74 Å². The molecule has 0 bridgehead atoms. The van der Waals surface area contributed by atoms with E-state index in [-0.39, 0.29) is 11.9 Å². The minimum atomic E-state index is 0.0521. The van der Waals surface area contributed by atoms with Crippen molar-refractivity contribution in [3.8, 4) is 5.75 Å². The molecule has 4 rings (SSSR count). The number of amides is 1. The predicted octanol–water partition coefficient (Wildman–Crippen LogP) is 5.64. The third-order valence-corrected chi connectivity index (χ3v) is 6.01. The van der Waals surface area contributed by atoms with Crippen LogP contribution in [0.25, 0.3) is 0 Å². The highest BCUT2D eigenvalue weighted by molar-refractivity contribution is 5.98. The fraction of sp³-hybridized carbons (Fsp3) is 0.269. The number of hydrogen-bond donors (Lipinski definition) is 0. The van der Waals surface area contributed by atoms with Crippen LogP contribution in [0.15, 0.2) is 66.7 Å². The van der Waals surface area contributed by atoms with Gasteiger partial charge < -0.3 is 9.64 Å². The Kier molecular flexibility index (Phi) is 5.39. The van der Waals surface area contributed by atoms with E-state index < -0.39 is 0 Å². The number of aryl methyl sites for hydroxylation is 3. The molecule has 1 amide bonds. The average molecular weight is 386 g/mol. The van der Waals surface area contributed by atoms with Crippen molar-refractivity contribution in [1.82, 2.24) is 4.90 Å². The minimum Gasteiger partial charge on any atom is -0.497 e. The molecule has 0 saturated carbocycles. The van der Waals surface area contributed by atoms with E-state index in [4.69, 9.17) is 4.74 Å². The Balaban J connectivity index is 1.62. The molecule has 3 aromatic rings. The molecule has 1 unspecified atom stereocenters. The second-order valence-electron chi connectivity index (χ2n) is 7.84. The fourth-order valence-corrected chi connectivity index (χ4v) is 4.10. The lowest BCUT2D eigenvalue weighted by Gasteiger charge is -2.29. The lowest BCUT2D eigenvalue weighted by molar-refractivity contribution is 0.0691. The number of rotatable bonds is 6. The van der Waals surface area contributed by atoms with Gasteiger partial charge in [-0.15, -0.1) is 0 Å². The van der Waals surface area contributed by atoms with Gasteiger partial charge in [0.2, 0.25) is 0 Å². The molecular weight excluding hydrogens is 358 g/mol. The number of nitrogens with zero attached hydrogens (tertiary/aromatic N) is 1. The quantitative estimate of drug-likeness (QED) is 0.549. The number of fused-ring (bicyclic) bond motifs is 1. The van der Waals surface area contributed by atoms with Crippen LogP contribution in [-0.2, 0) is 13.0 Å². The zero-order chi connectivity index (χ0) is 20.4. The minimum absolute atomic E-state index is 0.0521. The van der Waals surface area contributed by atoms with Crippen molar-refractivity contribution in [2.45, 2.75) is 39.3 Å². The van der Waals surface area contributed by atoms with E-state index in [0.717, 1.165) is 29.7 Å². The van der Waals surface area contributed by atoms with Gasteiger partial charge >= 0.3 is 0 Å². The summed E-state index contributed by atoms with van der Waals surface area (Å²) < 4.78 is 5.27. The Bertz CT molecular complexity index is 1020. The molecule has 0 radical (unpaired) electrons. The molecule has 0 aliphatic carbocycles. The van der Waals surface area contributed by atoms with Crippen LogP contribution in [0.5, 0.6) is 5.75 Å². The molecule has 1 atom stereocenters. The first-order valence-electron chi connectivity index (χ1n) is 10.2. The Morgan fingerprint density at radius 3 is 2.41 bits per heavy atom. The van der Waals surface area contributed by atoms with Crippen molar-refractivity contribution in [1.29, 1.82) is 0 Å². The predicted molar refractivity (Wildman–Crippen MR) is 116 cm³/mol. The lowest BCUT2D eigenvalue weighted by atomic mass is 9.95. The Hall–Kier alpha value is -3.07. The highest BCUT2D eigenvalue weighted by Crippen LogP contribution is 2.35. The van der Waals surface area contributed by atoms with Crippen molar-refractivity contribution in [3.63, 3.8) is 0 Å². The summed E-state index contributed by atoms with van der Waals surface area (Å²) in [5.74, 6) is 1.00. The highest BCUT2D eigenvalue weighted by atomic mass is 16.5. The van der Waals surface area contributed by atoms with Crippen molar-refractivity contribution in [3.05, 3.63) is 100 Å². The summed E-state index contributed by atoms with van der Waals surface area (Å²) >= 11 is 0. The van der Waals surface area contributed by atoms with E-state index in [1.807, 2.05) is 35.2 Å². The van der Waals surface area contributed by atoms with E-state index >= 15 is 0 Å². The summed E-state index contributed by atoms with van der Waals surface area (Å²) in [6.07, 6.45) is 1.79. The van der Waals surface area contributed by atoms with E-state index in [2.05, 4.69) is 50.2 Å². The molecule has 0 N–H and O–H groups in total. The standard InChI is InChI=1S/C26H27NO2/c1-18-8-12-21(16-19(18)2)25(15-11-20-9-13-23(29-3)14-10-20)27-17-22-6-4-5-7-24(22)26(27)28/h4-10,12-14,16,25H,11,15,17H2,1-3H3. The summed E-state index contributed by atoms with van der Waals surface area (Å²) in [6.45, 7) is 4.94. The van der Waals surface area contributed by atoms with Crippen LogP contribution in [0, 0.1) is 13.8 Å². The molecule has 3 nitrogen and oxygen atoms in total. The first-order chi connectivity index (χ1) is 14.1. The molecule has 3 aromatic carbocycles. The monoisotopic (exact) mass is 385 g/mol. The second-order valence-corrected chi connectivity index (χ2v) is 7.84. The molecule has 148 valence electrons. The van der Waals surface area contributed by atoms with Gasteiger partial charge in [0.15, 0.2) is 0 Å². The molecule has 3 heteroatoms. The van der Waals surface area contributed by atoms with Crippen LogP contribution in [0.4, 0.5) is 0 Å². The van der Waals surface area contributed by atoms with Crippen molar-refractivity contribution in [2.75, 3.05) is 7.11 Å². The van der Waals surface area contributed by atoms with Crippen LogP contribution in [0.2, 0.25) is 0 Å². The van der Waals surface area contributed by atoms with Crippen molar-refractivity contribution >= 4 is 5.91 Å². The Morgan fingerprint density at radius 2 is 1.72 bits per heavy atom. The molecule has 29 heavy (non-hydrogen) atoms. The molecule has 0 fully saturated rings. The number of benzene rings is 3. The smallest absolute Gasteiger partial charge is 0.255 e. The number of hydrogen-bond acceptors (Lipinski definition) is 2. The maximum absolute atomic E-state index is 13.2. The fourth-order valence-electron chi connectivity index (χ4n) is 4.10. The van der Waals surface area contributed by atoms with E-state index in [0.29, 0.717) is 6.54 Å². The van der Waals surface area contributed by atoms with Gasteiger partial charge in [-0.1, -0.05) is 48.5 Å². The van der Waals surface area contributed by atoms with E-state index in [1.54, 1.807) is 7.11 Å². The maximum Gasteiger partial charge on any atom is 0.255 e. The Morgan fingerprint density at radius 1 is 0.966 bits per heavy atom. The number of carbonyl (C=O) groups excluding carboxylic acids is 1. The van der Waals surface area contributed by atoms with E-state index in [1.165, 1.54) is 22.3 Å². The van der Waals surface area contributed by atoms with Gasteiger partial charge in [-0.25, -0.2) is 0 Å². The lowest BCUT2D eigenvalue weighted by Crippen LogP contribution is -2.29. The zero-order valence-corrected chi connectivity index (χ0v) is 17.3. The van der Waals surface area contributed by atoms with Crippen LogP contribution in [0.3, 0.4) is 0 Å². The Labute approximate surface area is 172 Å². The summed E-state index contributed by atoms with van der Waals surface area (Å²) in [5.41, 5.74) is 6.97. The zero-order valence-electron chi connectivity index (χ0n) is 17.3. The summed E-state index contributed by atoms with van der Waals surface area (Å²) in [6, 6.07) is 22.8. The normalized spacial score (nSPS) is 14.0. The van der Waals surface area contributed by atoms with Gasteiger partial charge in [-0.05, 0) is 72.7 Å². The summed E-state index contributed by atoms with van der Waals surface area (Å²) in [7, 11) is 1.68. The van der Waals surface area contributed by atoms with Crippen LogP contribution in [-0.4, -0.2) is 17.9 Å². The van der Waals surface area contributed by atoms with Gasteiger partial charge in [0.05, 0.1) is 13.2 Å². The summed E-state index contributed by atoms with van der Waals surface area (Å²) in [5, 5.41) is 0. The van der Waals surface area contributed by atoms with Crippen molar-refractivity contribution < 1.29 is 9.53 Å². The first kappa shape index (κ1) is 19.3. The van der Waals surface area contributed by atoms with Crippen molar-refractivity contribution in [2.24, 2.45) is 0 Å². The van der Waals surface area contributed by atoms with Gasteiger partial charge in [-0.2, -0.15) is 0 Å². The maximum atomic E-state index is 13.2. The van der Waals surface area contributed by atoms with Gasteiger partial charge in [0.1, 0.15) is 5.75 Å². The molecule has 1 aliphatic rings. The number of ether oxygens (including phenoxy) is 1. The van der Waals surface area contributed by atoms with Gasteiger partial charge in [-0.3, -0.25) is 4.79 Å². The topological polar surface area (TPSA) is 29.5 Å². The first-order valence-corrected chi connectivity index (χ1v) is 10.2. The largest absolute Gasteiger partial charge is 0.497 e. The van der Waals surface area contributed by atoms with Crippen LogP contribution in [0.1, 0.15) is 50.6 Å². The molecule has 1 heterocycles. The third-order valence-electron chi connectivity index (χ3n) is 6.01. The SMILES string of the molecule is COc1ccc(CCC(c2ccc(C)c(C)c2)N2Cc3ccccc3C2=O)cc1. The number of carbonyl (C=O) groups is 1. The van der Waals surface area contributed by atoms with Crippen LogP contribution >= 0.6 is 0 Å². The van der Waals surface area contributed by atoms with Gasteiger partial charge in [0, 0.05) is 12.1 Å².